The Morgan fingerprint density at radius 2 is 1.71 bits per heavy atom. The highest BCUT2D eigenvalue weighted by atomic mass is 16.2. The summed E-state index contributed by atoms with van der Waals surface area (Å²) >= 11 is 0. The van der Waals surface area contributed by atoms with E-state index in [-0.39, 0.29) is 6.04 Å². The average Bonchev–Trinajstić information content (AvgIpc) is 2.24. The van der Waals surface area contributed by atoms with Crippen molar-refractivity contribution in [1.82, 2.24) is 9.55 Å². The summed E-state index contributed by atoms with van der Waals surface area (Å²) in [5.74, 6) is 0. The Hall–Kier alpha value is -1.32. The zero-order valence-electron chi connectivity index (χ0n) is 10.6. The van der Waals surface area contributed by atoms with Crippen LogP contribution < -0.4 is 11.1 Å². The average molecular weight is 236 g/mol. The fourth-order valence-corrected chi connectivity index (χ4v) is 2.61. The smallest absolute Gasteiger partial charge is 0.316 e. The van der Waals surface area contributed by atoms with Gasteiger partial charge in [0, 0.05) is 17.4 Å². The summed E-state index contributed by atoms with van der Waals surface area (Å²) in [5.41, 5.74) is 1.14. The van der Waals surface area contributed by atoms with Gasteiger partial charge in [-0.15, -0.1) is 0 Å². The van der Waals surface area contributed by atoms with Gasteiger partial charge in [-0.2, -0.15) is 0 Å². The second kappa shape index (κ2) is 4.90. The maximum atomic E-state index is 11.9. The maximum Gasteiger partial charge on any atom is 0.316 e. The van der Waals surface area contributed by atoms with E-state index in [4.69, 9.17) is 0 Å². The molecule has 0 aromatic carbocycles. The molecule has 1 aromatic rings. The Bertz CT molecular complexity index is 511. The van der Waals surface area contributed by atoms with E-state index in [0.717, 1.165) is 37.1 Å². The lowest BCUT2D eigenvalue weighted by molar-refractivity contribution is 0.503. The molecule has 0 saturated carbocycles. The van der Waals surface area contributed by atoms with Crippen molar-refractivity contribution >= 4 is 0 Å². The lowest BCUT2D eigenvalue weighted by atomic mass is 10.00. The van der Waals surface area contributed by atoms with Crippen LogP contribution in [-0.4, -0.2) is 9.55 Å². The highest BCUT2D eigenvalue weighted by Crippen LogP contribution is 2.18. The predicted molar refractivity (Wildman–Crippen MR) is 67.6 cm³/mol. The SMILES string of the molecule is CC(C)n1c2c([nH]c(=O)c1=O)CCCCCC2. The molecule has 1 aliphatic rings. The number of aromatic amines is 1. The largest absolute Gasteiger partial charge is 0.320 e. The molecular weight excluding hydrogens is 216 g/mol. The molecule has 0 spiro atoms. The Kier molecular flexibility index (Phi) is 3.50. The molecule has 1 heterocycles. The molecule has 4 heteroatoms. The zero-order chi connectivity index (χ0) is 12.4. The lowest BCUT2D eigenvalue weighted by Gasteiger charge is -2.21. The number of aromatic nitrogens is 2. The van der Waals surface area contributed by atoms with Crippen molar-refractivity contribution in [2.45, 2.75) is 58.4 Å². The second-order valence-electron chi connectivity index (χ2n) is 5.06. The number of fused-ring (bicyclic) bond motifs is 1. The molecule has 94 valence electrons. The molecule has 1 aliphatic carbocycles. The first kappa shape index (κ1) is 12.1. The van der Waals surface area contributed by atoms with E-state index >= 15 is 0 Å². The molecule has 0 unspecified atom stereocenters. The summed E-state index contributed by atoms with van der Waals surface area (Å²) in [6, 6.07) is 0.0537. The molecule has 1 N–H and O–H groups in total. The third kappa shape index (κ3) is 2.35. The zero-order valence-corrected chi connectivity index (χ0v) is 10.6. The number of hydrogen-bond acceptors (Lipinski definition) is 2. The van der Waals surface area contributed by atoms with Gasteiger partial charge >= 0.3 is 11.1 Å². The van der Waals surface area contributed by atoms with E-state index in [1.165, 1.54) is 12.8 Å². The number of aryl methyl sites for hydroxylation is 1. The Morgan fingerprint density at radius 3 is 2.35 bits per heavy atom. The molecule has 0 amide bonds. The first-order valence-electron chi connectivity index (χ1n) is 6.48. The predicted octanol–water partition coefficient (Wildman–Crippen LogP) is 1.78. The Balaban J connectivity index is 2.63. The number of nitrogens with zero attached hydrogens (tertiary/aromatic N) is 1. The molecule has 0 radical (unpaired) electrons. The summed E-state index contributed by atoms with van der Waals surface area (Å²) in [5, 5.41) is 0. The quantitative estimate of drug-likeness (QED) is 0.756. The van der Waals surface area contributed by atoms with Crippen LogP contribution in [0.2, 0.25) is 0 Å². The molecule has 17 heavy (non-hydrogen) atoms. The monoisotopic (exact) mass is 236 g/mol. The van der Waals surface area contributed by atoms with Crippen LogP contribution in [0, 0.1) is 0 Å². The van der Waals surface area contributed by atoms with Gasteiger partial charge in [0.15, 0.2) is 0 Å². The fraction of sp³-hybridized carbons (Fsp3) is 0.692. The van der Waals surface area contributed by atoms with Crippen LogP contribution in [0.15, 0.2) is 9.59 Å². The van der Waals surface area contributed by atoms with Crippen LogP contribution in [0.5, 0.6) is 0 Å². The van der Waals surface area contributed by atoms with Gasteiger partial charge < -0.3 is 9.55 Å². The minimum atomic E-state index is -0.474. The maximum absolute atomic E-state index is 11.9. The van der Waals surface area contributed by atoms with Gasteiger partial charge in [0.05, 0.1) is 0 Å². The Morgan fingerprint density at radius 1 is 1.06 bits per heavy atom. The number of nitrogens with one attached hydrogen (secondary N) is 1. The van der Waals surface area contributed by atoms with Crippen LogP contribution in [0.3, 0.4) is 0 Å². The molecular formula is C13H20N2O2. The van der Waals surface area contributed by atoms with E-state index in [1.54, 1.807) is 4.57 Å². The van der Waals surface area contributed by atoms with E-state index in [9.17, 15) is 9.59 Å². The first-order valence-corrected chi connectivity index (χ1v) is 6.48. The molecule has 0 fully saturated rings. The van der Waals surface area contributed by atoms with E-state index in [2.05, 4.69) is 4.98 Å². The van der Waals surface area contributed by atoms with Crippen LogP contribution in [0.4, 0.5) is 0 Å². The third-order valence-electron chi connectivity index (χ3n) is 3.42. The second-order valence-corrected chi connectivity index (χ2v) is 5.06. The standard InChI is InChI=1S/C13H20N2O2/c1-9(2)15-11-8-6-4-3-5-7-10(11)14-12(16)13(15)17/h9H,3-8H2,1-2H3,(H,14,16). The summed E-state index contributed by atoms with van der Waals surface area (Å²) < 4.78 is 1.68. The van der Waals surface area contributed by atoms with Gasteiger partial charge in [0.2, 0.25) is 0 Å². The summed E-state index contributed by atoms with van der Waals surface area (Å²) in [4.78, 5) is 26.3. The summed E-state index contributed by atoms with van der Waals surface area (Å²) in [7, 11) is 0. The van der Waals surface area contributed by atoms with Crippen molar-refractivity contribution in [1.29, 1.82) is 0 Å². The van der Waals surface area contributed by atoms with Gasteiger partial charge in [-0.25, -0.2) is 0 Å². The van der Waals surface area contributed by atoms with Crippen LogP contribution in [0.25, 0.3) is 0 Å². The van der Waals surface area contributed by atoms with Gasteiger partial charge in [-0.3, -0.25) is 9.59 Å². The minimum absolute atomic E-state index is 0.0537. The summed E-state index contributed by atoms with van der Waals surface area (Å²) in [6.07, 6.45) is 6.41. The van der Waals surface area contributed by atoms with E-state index in [1.807, 2.05) is 13.8 Å². The van der Waals surface area contributed by atoms with Gasteiger partial charge in [0.1, 0.15) is 0 Å². The summed E-state index contributed by atoms with van der Waals surface area (Å²) in [6.45, 7) is 3.92. The van der Waals surface area contributed by atoms with Crippen molar-refractivity contribution in [3.05, 3.63) is 32.1 Å². The first-order chi connectivity index (χ1) is 8.11. The van der Waals surface area contributed by atoms with Crippen LogP contribution >= 0.6 is 0 Å². The van der Waals surface area contributed by atoms with Crippen molar-refractivity contribution in [3.8, 4) is 0 Å². The third-order valence-corrected chi connectivity index (χ3v) is 3.42. The van der Waals surface area contributed by atoms with Gasteiger partial charge in [-0.05, 0) is 39.5 Å². The number of H-pyrrole nitrogens is 1. The molecule has 2 rings (SSSR count). The minimum Gasteiger partial charge on any atom is -0.320 e. The number of rotatable bonds is 1. The van der Waals surface area contributed by atoms with Crippen LogP contribution in [-0.2, 0) is 12.8 Å². The Labute approximate surface area is 101 Å². The van der Waals surface area contributed by atoms with Crippen LogP contribution in [0.1, 0.15) is 57.0 Å². The van der Waals surface area contributed by atoms with Gasteiger partial charge in [-0.1, -0.05) is 12.8 Å². The number of hydrogen-bond donors (Lipinski definition) is 1. The van der Waals surface area contributed by atoms with E-state index < -0.39 is 11.1 Å². The molecule has 4 nitrogen and oxygen atoms in total. The van der Waals surface area contributed by atoms with Crippen molar-refractivity contribution in [2.24, 2.45) is 0 Å². The highest BCUT2D eigenvalue weighted by molar-refractivity contribution is 5.15. The normalized spacial score (nSPS) is 16.4. The van der Waals surface area contributed by atoms with E-state index in [0.29, 0.717) is 0 Å². The van der Waals surface area contributed by atoms with Gasteiger partial charge in [0.25, 0.3) is 0 Å². The molecule has 0 aliphatic heterocycles. The lowest BCUT2D eigenvalue weighted by Crippen LogP contribution is -2.40. The highest BCUT2D eigenvalue weighted by Gasteiger charge is 2.16. The van der Waals surface area contributed by atoms with Crippen molar-refractivity contribution in [2.75, 3.05) is 0 Å². The molecule has 0 bridgehead atoms. The molecule has 1 aromatic heterocycles. The van der Waals surface area contributed by atoms with Crippen molar-refractivity contribution < 1.29 is 0 Å². The molecule has 0 atom stereocenters. The topological polar surface area (TPSA) is 54.9 Å². The fourth-order valence-electron chi connectivity index (χ4n) is 2.61. The molecule has 0 saturated heterocycles. The van der Waals surface area contributed by atoms with Crippen molar-refractivity contribution in [3.63, 3.8) is 0 Å².